The van der Waals surface area contributed by atoms with Crippen molar-refractivity contribution in [3.05, 3.63) is 0 Å². The van der Waals surface area contributed by atoms with Gasteiger partial charge in [-0.25, -0.2) is 0 Å². The van der Waals surface area contributed by atoms with Crippen molar-refractivity contribution in [1.82, 2.24) is 0 Å². The Kier molecular flexibility index (Phi) is 7.23. The molecule has 1 heterocycles. The highest BCUT2D eigenvalue weighted by Crippen LogP contribution is 2.17. The maximum absolute atomic E-state index is 11.0. The molecule has 0 aliphatic carbocycles. The lowest BCUT2D eigenvalue weighted by Gasteiger charge is -2.26. The van der Waals surface area contributed by atoms with Gasteiger partial charge in [-0.1, -0.05) is 0 Å². The van der Waals surface area contributed by atoms with E-state index in [0.717, 1.165) is 25.9 Å². The van der Waals surface area contributed by atoms with Gasteiger partial charge < -0.3 is 19.3 Å². The summed E-state index contributed by atoms with van der Waals surface area (Å²) in [6, 6.07) is 0. The van der Waals surface area contributed by atoms with Gasteiger partial charge in [-0.3, -0.25) is 4.79 Å². The van der Waals surface area contributed by atoms with E-state index in [9.17, 15) is 9.90 Å². The van der Waals surface area contributed by atoms with Crippen molar-refractivity contribution in [3.63, 3.8) is 0 Å². The van der Waals surface area contributed by atoms with E-state index in [1.807, 2.05) is 6.92 Å². The largest absolute Gasteiger partial charge is 0.469 e. The Bertz CT molecular complexity index is 238. The molecule has 18 heavy (non-hydrogen) atoms. The van der Waals surface area contributed by atoms with Gasteiger partial charge in [0.25, 0.3) is 0 Å². The SMILES string of the molecule is COC(=O)C[C@H](O)CC[C@H](C)O[C@@H]1CCCCO1. The molecule has 0 radical (unpaired) electrons. The van der Waals surface area contributed by atoms with Crippen LogP contribution in [0.25, 0.3) is 0 Å². The zero-order chi connectivity index (χ0) is 13.4. The molecule has 1 saturated heterocycles. The number of aliphatic hydroxyl groups excluding tert-OH is 1. The number of hydrogen-bond acceptors (Lipinski definition) is 5. The molecular weight excluding hydrogens is 236 g/mol. The molecule has 0 aromatic carbocycles. The third kappa shape index (κ3) is 6.33. The number of aliphatic hydroxyl groups is 1. The second-order valence-corrected chi connectivity index (χ2v) is 4.75. The van der Waals surface area contributed by atoms with Gasteiger partial charge in [-0.2, -0.15) is 0 Å². The first-order chi connectivity index (χ1) is 8.61. The summed E-state index contributed by atoms with van der Waals surface area (Å²) in [5, 5.41) is 9.62. The molecule has 0 aromatic rings. The van der Waals surface area contributed by atoms with Gasteiger partial charge in [0.1, 0.15) is 0 Å². The van der Waals surface area contributed by atoms with Gasteiger partial charge in [0.2, 0.25) is 0 Å². The zero-order valence-electron chi connectivity index (χ0n) is 11.3. The first-order valence-electron chi connectivity index (χ1n) is 6.63. The van der Waals surface area contributed by atoms with Crippen molar-refractivity contribution in [2.75, 3.05) is 13.7 Å². The molecule has 1 aliphatic heterocycles. The van der Waals surface area contributed by atoms with Gasteiger partial charge in [-0.05, 0) is 39.0 Å². The molecule has 106 valence electrons. The maximum Gasteiger partial charge on any atom is 0.308 e. The molecule has 1 N–H and O–H groups in total. The Morgan fingerprint density at radius 3 is 2.83 bits per heavy atom. The lowest BCUT2D eigenvalue weighted by Crippen LogP contribution is -2.27. The lowest BCUT2D eigenvalue weighted by molar-refractivity contribution is -0.186. The van der Waals surface area contributed by atoms with Crippen LogP contribution in [0.4, 0.5) is 0 Å². The van der Waals surface area contributed by atoms with E-state index >= 15 is 0 Å². The number of esters is 1. The van der Waals surface area contributed by atoms with Crippen molar-refractivity contribution in [3.8, 4) is 0 Å². The predicted octanol–water partition coefficient (Wildman–Crippen LogP) is 1.62. The molecule has 0 unspecified atom stereocenters. The molecular formula is C13H24O5. The second kappa shape index (κ2) is 8.45. The predicted molar refractivity (Wildman–Crippen MR) is 66.0 cm³/mol. The standard InChI is InChI=1S/C13H24O5/c1-10(18-13-5-3-4-8-17-13)6-7-11(14)9-12(15)16-2/h10-11,13-14H,3-9H2,1-2H3/t10-,11+,13+/m0/s1. The highest BCUT2D eigenvalue weighted by molar-refractivity contribution is 5.69. The van der Waals surface area contributed by atoms with E-state index in [4.69, 9.17) is 9.47 Å². The molecule has 5 heteroatoms. The second-order valence-electron chi connectivity index (χ2n) is 4.75. The Balaban J connectivity index is 2.11. The molecule has 1 fully saturated rings. The molecule has 5 nitrogen and oxygen atoms in total. The van der Waals surface area contributed by atoms with E-state index in [0.29, 0.717) is 12.8 Å². The van der Waals surface area contributed by atoms with E-state index in [2.05, 4.69) is 4.74 Å². The number of hydrogen-bond donors (Lipinski definition) is 1. The van der Waals surface area contributed by atoms with Gasteiger partial charge in [-0.15, -0.1) is 0 Å². The van der Waals surface area contributed by atoms with Gasteiger partial charge >= 0.3 is 5.97 Å². The van der Waals surface area contributed by atoms with Crippen molar-refractivity contribution in [2.24, 2.45) is 0 Å². The minimum atomic E-state index is -0.657. The molecule has 0 spiro atoms. The average Bonchev–Trinajstić information content (AvgIpc) is 2.37. The van der Waals surface area contributed by atoms with Crippen LogP contribution in [0.15, 0.2) is 0 Å². The lowest BCUT2D eigenvalue weighted by atomic mass is 10.1. The van der Waals surface area contributed by atoms with Crippen LogP contribution in [-0.2, 0) is 19.0 Å². The Hall–Kier alpha value is -0.650. The Labute approximate surface area is 108 Å². The molecule has 0 amide bonds. The van der Waals surface area contributed by atoms with Crippen LogP contribution in [-0.4, -0.2) is 43.3 Å². The minimum Gasteiger partial charge on any atom is -0.469 e. The smallest absolute Gasteiger partial charge is 0.308 e. The topological polar surface area (TPSA) is 65.0 Å². The highest BCUT2D eigenvalue weighted by Gasteiger charge is 2.18. The Morgan fingerprint density at radius 1 is 1.44 bits per heavy atom. The molecule has 1 aliphatic rings. The van der Waals surface area contributed by atoms with E-state index < -0.39 is 6.10 Å². The number of carbonyl (C=O) groups is 1. The minimum absolute atomic E-state index is 0.0281. The van der Waals surface area contributed by atoms with E-state index in [1.165, 1.54) is 7.11 Å². The van der Waals surface area contributed by atoms with Gasteiger partial charge in [0, 0.05) is 6.61 Å². The summed E-state index contributed by atoms with van der Waals surface area (Å²) < 4.78 is 15.7. The van der Waals surface area contributed by atoms with Crippen LogP contribution in [0.1, 0.15) is 45.4 Å². The first-order valence-corrected chi connectivity index (χ1v) is 6.63. The van der Waals surface area contributed by atoms with Crippen molar-refractivity contribution < 1.29 is 24.1 Å². The molecule has 0 aromatic heterocycles. The molecule has 0 bridgehead atoms. The van der Waals surface area contributed by atoms with Crippen molar-refractivity contribution in [2.45, 2.75) is 63.9 Å². The summed E-state index contributed by atoms with van der Waals surface area (Å²) >= 11 is 0. The van der Waals surface area contributed by atoms with Crippen LogP contribution in [0.2, 0.25) is 0 Å². The third-order valence-electron chi connectivity index (χ3n) is 3.06. The maximum atomic E-state index is 11.0. The summed E-state index contributed by atoms with van der Waals surface area (Å²) in [5.41, 5.74) is 0. The van der Waals surface area contributed by atoms with Crippen LogP contribution < -0.4 is 0 Å². The fourth-order valence-corrected chi connectivity index (χ4v) is 1.95. The number of rotatable bonds is 7. The number of methoxy groups -OCH3 is 1. The zero-order valence-corrected chi connectivity index (χ0v) is 11.3. The highest BCUT2D eigenvalue weighted by atomic mass is 16.7. The normalized spacial score (nSPS) is 23.4. The summed E-state index contributed by atoms with van der Waals surface area (Å²) in [5.74, 6) is -0.383. The summed E-state index contributed by atoms with van der Waals surface area (Å²) in [6.07, 6.45) is 3.73. The summed E-state index contributed by atoms with van der Waals surface area (Å²) in [7, 11) is 1.32. The average molecular weight is 260 g/mol. The fourth-order valence-electron chi connectivity index (χ4n) is 1.95. The fraction of sp³-hybridized carbons (Fsp3) is 0.923. The van der Waals surface area contributed by atoms with Crippen molar-refractivity contribution >= 4 is 5.97 Å². The first kappa shape index (κ1) is 15.4. The molecule has 1 rings (SSSR count). The summed E-state index contributed by atoms with van der Waals surface area (Å²) in [4.78, 5) is 11.0. The van der Waals surface area contributed by atoms with Gasteiger partial charge in [0.15, 0.2) is 6.29 Å². The summed E-state index contributed by atoms with van der Waals surface area (Å²) in [6.45, 7) is 2.73. The van der Waals surface area contributed by atoms with Gasteiger partial charge in [0.05, 0.1) is 25.7 Å². The van der Waals surface area contributed by atoms with Crippen molar-refractivity contribution in [1.29, 1.82) is 0 Å². The van der Waals surface area contributed by atoms with E-state index in [-0.39, 0.29) is 24.8 Å². The monoisotopic (exact) mass is 260 g/mol. The van der Waals surface area contributed by atoms with Crippen LogP contribution >= 0.6 is 0 Å². The Morgan fingerprint density at radius 2 is 2.22 bits per heavy atom. The molecule has 3 atom stereocenters. The van der Waals surface area contributed by atoms with Crippen LogP contribution in [0.5, 0.6) is 0 Å². The third-order valence-corrected chi connectivity index (χ3v) is 3.06. The van der Waals surface area contributed by atoms with Crippen LogP contribution in [0, 0.1) is 0 Å². The van der Waals surface area contributed by atoms with Crippen LogP contribution in [0.3, 0.4) is 0 Å². The quantitative estimate of drug-likeness (QED) is 0.705. The number of ether oxygens (including phenoxy) is 3. The van der Waals surface area contributed by atoms with E-state index in [1.54, 1.807) is 0 Å². The molecule has 0 saturated carbocycles. The number of carbonyl (C=O) groups excluding carboxylic acids is 1.